The molecule has 0 aliphatic heterocycles. The third-order valence-corrected chi connectivity index (χ3v) is 4.78. The monoisotopic (exact) mass is 487 g/mol. The number of anilines is 3. The zero-order valence-electron chi connectivity index (χ0n) is 18.0. The van der Waals surface area contributed by atoms with Gasteiger partial charge < -0.3 is 15.4 Å². The zero-order valence-corrected chi connectivity index (χ0v) is 18.0. The van der Waals surface area contributed by atoms with Crippen molar-refractivity contribution in [2.75, 3.05) is 17.7 Å². The molecular formula is C22H17F4N7O2. The number of aromatic nitrogens is 5. The highest BCUT2D eigenvalue weighted by Crippen LogP contribution is 2.36. The van der Waals surface area contributed by atoms with Crippen LogP contribution in [0.15, 0.2) is 55.2 Å². The van der Waals surface area contributed by atoms with Gasteiger partial charge in [0.2, 0.25) is 17.7 Å². The van der Waals surface area contributed by atoms with Crippen molar-refractivity contribution in [1.82, 2.24) is 25.1 Å². The molecule has 1 aromatic carbocycles. The minimum Gasteiger partial charge on any atom is -0.481 e. The Bertz CT molecular complexity index is 1330. The Labute approximate surface area is 195 Å². The Hall–Kier alpha value is -4.55. The van der Waals surface area contributed by atoms with Gasteiger partial charge in [-0.3, -0.25) is 9.89 Å². The molecule has 0 fully saturated rings. The number of carbonyl (C=O) groups excluding carboxylic acids is 1. The fourth-order valence-corrected chi connectivity index (χ4v) is 3.12. The molecule has 9 nitrogen and oxygen atoms in total. The van der Waals surface area contributed by atoms with Gasteiger partial charge in [0, 0.05) is 24.2 Å². The van der Waals surface area contributed by atoms with Gasteiger partial charge >= 0.3 is 6.18 Å². The minimum absolute atomic E-state index is 0.0583. The van der Waals surface area contributed by atoms with Crippen LogP contribution in [0.2, 0.25) is 0 Å². The fourth-order valence-electron chi connectivity index (χ4n) is 3.12. The van der Waals surface area contributed by atoms with E-state index in [1.165, 1.54) is 24.5 Å². The van der Waals surface area contributed by atoms with E-state index in [4.69, 9.17) is 0 Å². The van der Waals surface area contributed by atoms with Crippen molar-refractivity contribution < 1.29 is 27.1 Å². The lowest BCUT2D eigenvalue weighted by Crippen LogP contribution is -2.17. The van der Waals surface area contributed by atoms with Crippen molar-refractivity contribution in [2.24, 2.45) is 0 Å². The number of aromatic amines is 1. The Balaban J connectivity index is 1.43. The van der Waals surface area contributed by atoms with Gasteiger partial charge in [0.15, 0.2) is 0 Å². The minimum atomic E-state index is -4.72. The normalized spacial score (nSPS) is 11.2. The number of methoxy groups -OCH3 is 1. The third kappa shape index (κ3) is 5.69. The van der Waals surface area contributed by atoms with E-state index in [1.54, 1.807) is 18.5 Å². The fraction of sp³-hybridized carbons (Fsp3) is 0.136. The molecule has 4 rings (SSSR count). The molecule has 0 aliphatic rings. The quantitative estimate of drug-likeness (QED) is 0.332. The van der Waals surface area contributed by atoms with Crippen LogP contribution in [0.25, 0.3) is 11.1 Å². The van der Waals surface area contributed by atoms with Crippen LogP contribution in [0, 0.1) is 5.82 Å². The number of nitrogens with zero attached hydrogens (tertiary/aromatic N) is 4. The summed E-state index contributed by atoms with van der Waals surface area (Å²) >= 11 is 0. The molecule has 13 heteroatoms. The van der Waals surface area contributed by atoms with Gasteiger partial charge in [-0.15, -0.1) is 0 Å². The number of amides is 1. The number of halogens is 4. The lowest BCUT2D eigenvalue weighted by Gasteiger charge is -2.13. The van der Waals surface area contributed by atoms with Crippen LogP contribution >= 0.6 is 0 Å². The molecule has 0 bridgehead atoms. The standard InChI is InChI=1S/C22H17F4N7O2/c1-35-20-17(22(24,25)26)6-15(9-27-20)32-19(34)5-13-3-2-12(4-18(13)23)14-7-28-21(29-8-14)33-16-10-30-31-11-16/h2-4,6-11H,5H2,1H3,(H,30,31)(H,32,34)(H,28,29,33). The lowest BCUT2D eigenvalue weighted by molar-refractivity contribution is -0.139. The first-order valence-electron chi connectivity index (χ1n) is 10.0. The summed E-state index contributed by atoms with van der Waals surface area (Å²) in [6, 6.07) is 4.93. The van der Waals surface area contributed by atoms with Crippen LogP contribution < -0.4 is 15.4 Å². The maximum atomic E-state index is 14.7. The van der Waals surface area contributed by atoms with Crippen molar-refractivity contribution >= 4 is 23.2 Å². The molecule has 0 spiro atoms. The second-order valence-corrected chi connectivity index (χ2v) is 7.22. The van der Waals surface area contributed by atoms with E-state index in [0.29, 0.717) is 28.8 Å². The number of alkyl halides is 3. The lowest BCUT2D eigenvalue weighted by atomic mass is 10.0. The summed E-state index contributed by atoms with van der Waals surface area (Å²) in [6.07, 6.45) is 2.10. The molecule has 0 atom stereocenters. The van der Waals surface area contributed by atoms with E-state index in [1.807, 2.05) is 0 Å². The molecule has 1 amide bonds. The highest BCUT2D eigenvalue weighted by molar-refractivity contribution is 5.92. The van der Waals surface area contributed by atoms with E-state index in [2.05, 4.69) is 40.5 Å². The van der Waals surface area contributed by atoms with E-state index < -0.39 is 35.8 Å². The molecule has 3 N–H and O–H groups in total. The van der Waals surface area contributed by atoms with Crippen LogP contribution in [0.3, 0.4) is 0 Å². The van der Waals surface area contributed by atoms with Crippen molar-refractivity contribution in [3.05, 3.63) is 72.2 Å². The number of carbonyl (C=O) groups is 1. The Morgan fingerprint density at radius 1 is 1.03 bits per heavy atom. The van der Waals surface area contributed by atoms with Crippen molar-refractivity contribution in [3.8, 4) is 17.0 Å². The van der Waals surface area contributed by atoms with Crippen LogP contribution in [0.4, 0.5) is 34.9 Å². The van der Waals surface area contributed by atoms with E-state index in [9.17, 15) is 22.4 Å². The van der Waals surface area contributed by atoms with Gasteiger partial charge in [-0.05, 0) is 23.3 Å². The number of rotatable bonds is 7. The second kappa shape index (κ2) is 9.75. The molecule has 0 saturated carbocycles. The van der Waals surface area contributed by atoms with Gasteiger partial charge in [0.25, 0.3) is 0 Å². The molecule has 0 saturated heterocycles. The maximum absolute atomic E-state index is 14.7. The first-order chi connectivity index (χ1) is 16.7. The molecule has 0 unspecified atom stereocenters. The highest BCUT2D eigenvalue weighted by atomic mass is 19.4. The third-order valence-electron chi connectivity index (χ3n) is 4.78. The van der Waals surface area contributed by atoms with Gasteiger partial charge in [0.05, 0.1) is 37.3 Å². The molecule has 35 heavy (non-hydrogen) atoms. The molecular weight excluding hydrogens is 470 g/mol. The topological polar surface area (TPSA) is 118 Å². The molecule has 4 aromatic rings. The first-order valence-corrected chi connectivity index (χ1v) is 10.0. The number of ether oxygens (including phenoxy) is 1. The van der Waals surface area contributed by atoms with Crippen LogP contribution in [-0.2, 0) is 17.4 Å². The molecule has 180 valence electrons. The van der Waals surface area contributed by atoms with Crippen molar-refractivity contribution in [2.45, 2.75) is 12.6 Å². The summed E-state index contributed by atoms with van der Waals surface area (Å²) < 4.78 is 58.7. The Kier molecular flexibility index (Phi) is 6.57. The number of benzene rings is 1. The predicted octanol–water partition coefficient (Wildman–Crippen LogP) is 4.35. The van der Waals surface area contributed by atoms with Gasteiger partial charge in [-0.25, -0.2) is 19.3 Å². The smallest absolute Gasteiger partial charge is 0.421 e. The maximum Gasteiger partial charge on any atom is 0.421 e. The number of pyridine rings is 1. The molecule has 0 radical (unpaired) electrons. The van der Waals surface area contributed by atoms with Crippen LogP contribution in [-0.4, -0.2) is 38.2 Å². The second-order valence-electron chi connectivity index (χ2n) is 7.22. The molecule has 3 heterocycles. The van der Waals surface area contributed by atoms with E-state index in [-0.39, 0.29) is 11.3 Å². The summed E-state index contributed by atoms with van der Waals surface area (Å²) in [5.74, 6) is -1.67. The first kappa shape index (κ1) is 23.6. The van der Waals surface area contributed by atoms with Crippen LogP contribution in [0.5, 0.6) is 5.88 Å². The average molecular weight is 487 g/mol. The van der Waals surface area contributed by atoms with Gasteiger partial charge in [0.1, 0.15) is 11.4 Å². The van der Waals surface area contributed by atoms with Crippen molar-refractivity contribution in [1.29, 1.82) is 0 Å². The largest absolute Gasteiger partial charge is 0.481 e. The van der Waals surface area contributed by atoms with Crippen LogP contribution in [0.1, 0.15) is 11.1 Å². The Morgan fingerprint density at radius 2 is 1.80 bits per heavy atom. The molecule has 0 aliphatic carbocycles. The number of hydrogen-bond acceptors (Lipinski definition) is 7. The van der Waals surface area contributed by atoms with Gasteiger partial charge in [-0.1, -0.05) is 12.1 Å². The average Bonchev–Trinajstić information content (AvgIpc) is 3.33. The zero-order chi connectivity index (χ0) is 25.0. The summed E-state index contributed by atoms with van der Waals surface area (Å²) in [7, 11) is 1.06. The van der Waals surface area contributed by atoms with Gasteiger partial charge in [-0.2, -0.15) is 18.3 Å². The van der Waals surface area contributed by atoms with E-state index in [0.717, 1.165) is 13.3 Å². The van der Waals surface area contributed by atoms with Crippen molar-refractivity contribution in [3.63, 3.8) is 0 Å². The Morgan fingerprint density at radius 3 is 2.43 bits per heavy atom. The van der Waals surface area contributed by atoms with E-state index >= 15 is 0 Å². The predicted molar refractivity (Wildman–Crippen MR) is 117 cm³/mol. The summed E-state index contributed by atoms with van der Waals surface area (Å²) in [5.41, 5.74) is 0.426. The highest BCUT2D eigenvalue weighted by Gasteiger charge is 2.35. The summed E-state index contributed by atoms with van der Waals surface area (Å²) in [4.78, 5) is 24.2. The summed E-state index contributed by atoms with van der Waals surface area (Å²) in [5, 5.41) is 11.7. The number of nitrogens with one attached hydrogen (secondary N) is 3. The number of H-pyrrole nitrogens is 1. The summed E-state index contributed by atoms with van der Waals surface area (Å²) in [6.45, 7) is 0. The SMILES string of the molecule is COc1ncc(NC(=O)Cc2ccc(-c3cnc(Nc4cn[nH]c4)nc3)cc2F)cc1C(F)(F)F. The number of hydrogen-bond donors (Lipinski definition) is 3. The molecule has 3 aromatic heterocycles.